The molecule has 0 spiro atoms. The number of nitrogens with zero attached hydrogens (tertiary/aromatic N) is 2. The molecule has 3 aromatic rings. The van der Waals surface area contributed by atoms with Crippen molar-refractivity contribution in [3.63, 3.8) is 0 Å². The Morgan fingerprint density at radius 3 is 2.96 bits per heavy atom. The fourth-order valence-corrected chi connectivity index (χ4v) is 3.35. The molecule has 2 atom stereocenters. The van der Waals surface area contributed by atoms with Gasteiger partial charge in [-0.15, -0.1) is 0 Å². The summed E-state index contributed by atoms with van der Waals surface area (Å²) in [5, 5.41) is 11.6. The zero-order valence-electron chi connectivity index (χ0n) is 13.9. The Hall–Kier alpha value is -2.86. The summed E-state index contributed by atoms with van der Waals surface area (Å²) < 4.78 is 0. The smallest absolute Gasteiger partial charge is 0.244 e. The second-order valence-electron chi connectivity index (χ2n) is 6.47. The number of aromatic nitrogens is 2. The Labute approximate surface area is 146 Å². The Morgan fingerprint density at radius 2 is 2.12 bits per heavy atom. The van der Waals surface area contributed by atoms with Crippen molar-refractivity contribution in [1.29, 1.82) is 0 Å². The maximum absolute atomic E-state index is 12.6. The number of likely N-dealkylation sites (tertiary alicyclic amines) is 1. The third-order valence-corrected chi connectivity index (χ3v) is 4.74. The van der Waals surface area contributed by atoms with Gasteiger partial charge in [0.15, 0.2) is 0 Å². The lowest BCUT2D eigenvalue weighted by Crippen LogP contribution is -2.38. The van der Waals surface area contributed by atoms with Crippen LogP contribution in [0.2, 0.25) is 0 Å². The van der Waals surface area contributed by atoms with E-state index in [1.165, 1.54) is 0 Å². The van der Waals surface area contributed by atoms with Gasteiger partial charge in [0, 0.05) is 30.2 Å². The monoisotopic (exact) mass is 335 g/mol. The number of amides is 1. The van der Waals surface area contributed by atoms with E-state index in [1.807, 2.05) is 53.6 Å². The van der Waals surface area contributed by atoms with Crippen LogP contribution in [-0.4, -0.2) is 40.1 Å². The normalized spacial score (nSPS) is 18.4. The van der Waals surface area contributed by atoms with E-state index in [0.29, 0.717) is 6.54 Å². The fourth-order valence-electron chi connectivity index (χ4n) is 3.35. The molecule has 2 aromatic carbocycles. The topological polar surface area (TPSA) is 87.0 Å². The first-order valence-electron chi connectivity index (χ1n) is 8.50. The molecular weight excluding hydrogens is 314 g/mol. The average molecular weight is 335 g/mol. The number of H-pyrrole nitrogens is 1. The second kappa shape index (κ2) is 6.57. The molecule has 128 valence electrons. The Balaban J connectivity index is 1.39. The molecule has 6 nitrogen and oxygen atoms in total. The largest absolute Gasteiger partial charge is 0.380 e. The zero-order chi connectivity index (χ0) is 17.2. The van der Waals surface area contributed by atoms with Crippen molar-refractivity contribution in [2.45, 2.75) is 18.5 Å². The molecular formula is C19H21N5O. The third kappa shape index (κ3) is 3.21. The quantitative estimate of drug-likeness (QED) is 0.682. The zero-order valence-corrected chi connectivity index (χ0v) is 13.9. The SMILES string of the molecule is N[C@@H](C(=O)N1CCC(Nc2ccc3[nH]ncc3c2)C1)c1ccccc1. The van der Waals surface area contributed by atoms with E-state index in [0.717, 1.165) is 35.1 Å². The van der Waals surface area contributed by atoms with E-state index < -0.39 is 6.04 Å². The van der Waals surface area contributed by atoms with Crippen LogP contribution in [0, 0.1) is 0 Å². The van der Waals surface area contributed by atoms with Crippen molar-refractivity contribution >= 4 is 22.5 Å². The molecule has 0 bridgehead atoms. The van der Waals surface area contributed by atoms with Crippen molar-refractivity contribution in [3.05, 3.63) is 60.3 Å². The van der Waals surface area contributed by atoms with Crippen LogP contribution in [-0.2, 0) is 4.79 Å². The maximum Gasteiger partial charge on any atom is 0.244 e. The van der Waals surface area contributed by atoms with Gasteiger partial charge in [0.2, 0.25) is 5.91 Å². The number of aromatic amines is 1. The summed E-state index contributed by atoms with van der Waals surface area (Å²) in [6, 6.07) is 15.3. The highest BCUT2D eigenvalue weighted by Crippen LogP contribution is 2.22. The van der Waals surface area contributed by atoms with Crippen LogP contribution in [0.25, 0.3) is 10.9 Å². The van der Waals surface area contributed by atoms with Crippen LogP contribution in [0.5, 0.6) is 0 Å². The van der Waals surface area contributed by atoms with Crippen LogP contribution >= 0.6 is 0 Å². The van der Waals surface area contributed by atoms with Gasteiger partial charge in [0.25, 0.3) is 0 Å². The summed E-state index contributed by atoms with van der Waals surface area (Å²) in [7, 11) is 0. The summed E-state index contributed by atoms with van der Waals surface area (Å²) in [5.74, 6) is -0.0132. The number of carbonyl (C=O) groups is 1. The number of carbonyl (C=O) groups excluding carboxylic acids is 1. The van der Waals surface area contributed by atoms with E-state index in [9.17, 15) is 4.79 Å². The summed E-state index contributed by atoms with van der Waals surface area (Å²) in [5.41, 5.74) is 9.06. The van der Waals surface area contributed by atoms with Gasteiger partial charge in [0.1, 0.15) is 6.04 Å². The molecule has 4 rings (SSSR count). The predicted octanol–water partition coefficient (Wildman–Crippen LogP) is 2.28. The first kappa shape index (κ1) is 15.7. The van der Waals surface area contributed by atoms with Crippen molar-refractivity contribution < 1.29 is 4.79 Å². The van der Waals surface area contributed by atoms with E-state index in [2.05, 4.69) is 21.6 Å². The molecule has 1 aromatic heterocycles. The summed E-state index contributed by atoms with van der Waals surface area (Å²) >= 11 is 0. The number of hydrogen-bond donors (Lipinski definition) is 3. The molecule has 1 aliphatic rings. The fraction of sp³-hybridized carbons (Fsp3) is 0.263. The molecule has 2 heterocycles. The summed E-state index contributed by atoms with van der Waals surface area (Å²) in [4.78, 5) is 14.5. The number of fused-ring (bicyclic) bond motifs is 1. The van der Waals surface area contributed by atoms with Gasteiger partial charge in [0.05, 0.1) is 11.7 Å². The highest BCUT2D eigenvalue weighted by molar-refractivity contribution is 5.84. The highest BCUT2D eigenvalue weighted by atomic mass is 16.2. The average Bonchev–Trinajstić information content (AvgIpc) is 3.30. The van der Waals surface area contributed by atoms with Gasteiger partial charge in [-0.1, -0.05) is 30.3 Å². The van der Waals surface area contributed by atoms with E-state index in [-0.39, 0.29) is 11.9 Å². The molecule has 4 N–H and O–H groups in total. The van der Waals surface area contributed by atoms with Crippen molar-refractivity contribution in [2.75, 3.05) is 18.4 Å². The molecule has 1 amide bonds. The predicted molar refractivity (Wildman–Crippen MR) is 98.1 cm³/mol. The van der Waals surface area contributed by atoms with Gasteiger partial charge < -0.3 is 16.0 Å². The summed E-state index contributed by atoms with van der Waals surface area (Å²) in [6.07, 6.45) is 2.72. The first-order valence-corrected chi connectivity index (χ1v) is 8.50. The number of nitrogens with two attached hydrogens (primary N) is 1. The number of nitrogens with one attached hydrogen (secondary N) is 2. The van der Waals surface area contributed by atoms with Gasteiger partial charge in [-0.05, 0) is 30.2 Å². The van der Waals surface area contributed by atoms with E-state index in [1.54, 1.807) is 0 Å². The van der Waals surface area contributed by atoms with Crippen molar-refractivity contribution in [3.8, 4) is 0 Å². The lowest BCUT2D eigenvalue weighted by molar-refractivity contribution is -0.131. The molecule has 0 radical (unpaired) electrons. The number of benzene rings is 2. The molecule has 1 unspecified atom stereocenters. The van der Waals surface area contributed by atoms with Crippen LogP contribution in [0.4, 0.5) is 5.69 Å². The lowest BCUT2D eigenvalue weighted by atomic mass is 10.1. The Kier molecular flexibility index (Phi) is 4.11. The van der Waals surface area contributed by atoms with E-state index in [4.69, 9.17) is 5.73 Å². The van der Waals surface area contributed by atoms with Gasteiger partial charge in [-0.25, -0.2) is 0 Å². The molecule has 0 saturated carbocycles. The standard InChI is InChI=1S/C19H21N5O/c20-18(13-4-2-1-3-5-13)19(25)24-9-8-16(12-24)22-15-6-7-17-14(10-15)11-21-23-17/h1-7,10-11,16,18,22H,8-9,12,20H2,(H,21,23)/t16?,18-/m1/s1. The van der Waals surface area contributed by atoms with Crippen molar-refractivity contribution in [1.82, 2.24) is 15.1 Å². The minimum atomic E-state index is -0.595. The first-order chi connectivity index (χ1) is 12.2. The van der Waals surface area contributed by atoms with Gasteiger partial charge >= 0.3 is 0 Å². The maximum atomic E-state index is 12.6. The number of rotatable bonds is 4. The Morgan fingerprint density at radius 1 is 1.28 bits per heavy atom. The number of anilines is 1. The molecule has 0 aliphatic carbocycles. The van der Waals surface area contributed by atoms with E-state index >= 15 is 0 Å². The Bertz CT molecular complexity index is 876. The van der Waals surface area contributed by atoms with Crippen LogP contribution in [0.3, 0.4) is 0 Å². The lowest BCUT2D eigenvalue weighted by Gasteiger charge is -2.21. The van der Waals surface area contributed by atoms with Crippen molar-refractivity contribution in [2.24, 2.45) is 5.73 Å². The molecule has 6 heteroatoms. The highest BCUT2D eigenvalue weighted by Gasteiger charge is 2.29. The molecule has 1 fully saturated rings. The third-order valence-electron chi connectivity index (χ3n) is 4.74. The minimum Gasteiger partial charge on any atom is -0.380 e. The molecule has 1 saturated heterocycles. The van der Waals surface area contributed by atoms with Crippen LogP contribution in [0.1, 0.15) is 18.0 Å². The summed E-state index contributed by atoms with van der Waals surface area (Å²) in [6.45, 7) is 1.40. The van der Waals surface area contributed by atoms with Crippen LogP contribution in [0.15, 0.2) is 54.7 Å². The minimum absolute atomic E-state index is 0.0132. The molecule has 1 aliphatic heterocycles. The van der Waals surface area contributed by atoms with Gasteiger partial charge in [-0.3, -0.25) is 9.89 Å². The number of hydrogen-bond acceptors (Lipinski definition) is 4. The molecule has 25 heavy (non-hydrogen) atoms. The van der Waals surface area contributed by atoms with Gasteiger partial charge in [-0.2, -0.15) is 5.10 Å². The second-order valence-corrected chi connectivity index (χ2v) is 6.47. The van der Waals surface area contributed by atoms with Crippen LogP contribution < -0.4 is 11.1 Å².